The molecule has 0 fully saturated rings. The molecule has 0 saturated heterocycles. The lowest BCUT2D eigenvalue weighted by Gasteiger charge is -2.10. The van der Waals surface area contributed by atoms with Crippen molar-refractivity contribution in [1.82, 2.24) is 29.7 Å². The van der Waals surface area contributed by atoms with E-state index in [4.69, 9.17) is 0 Å². The highest BCUT2D eigenvalue weighted by Gasteiger charge is 2.10. The van der Waals surface area contributed by atoms with E-state index in [-0.39, 0.29) is 0 Å². The van der Waals surface area contributed by atoms with Crippen LogP contribution in [0.5, 0.6) is 0 Å². The van der Waals surface area contributed by atoms with Gasteiger partial charge in [0.1, 0.15) is 11.5 Å². The molecule has 0 radical (unpaired) electrons. The quantitative estimate of drug-likeness (QED) is 0.769. The summed E-state index contributed by atoms with van der Waals surface area (Å²) in [7, 11) is 4.08. The fourth-order valence-corrected chi connectivity index (χ4v) is 2.05. The standard InChI is InChI=1S/C15H19N7/c1-11-4-5-12(17-10-11)15-19-18-14-7-6-13(20-22(14)15)16-8-9-21(2)3/h4-7,10H,8-9H2,1-3H3,(H,16,20). The lowest BCUT2D eigenvalue weighted by Crippen LogP contribution is -2.21. The van der Waals surface area contributed by atoms with Gasteiger partial charge in [-0.25, -0.2) is 0 Å². The summed E-state index contributed by atoms with van der Waals surface area (Å²) >= 11 is 0. The van der Waals surface area contributed by atoms with Crippen LogP contribution < -0.4 is 5.32 Å². The Kier molecular flexibility index (Phi) is 3.97. The highest BCUT2D eigenvalue weighted by atomic mass is 15.4. The number of aromatic nitrogens is 5. The lowest BCUT2D eigenvalue weighted by molar-refractivity contribution is 0.425. The summed E-state index contributed by atoms with van der Waals surface area (Å²) in [6.07, 6.45) is 1.82. The number of hydrogen-bond acceptors (Lipinski definition) is 6. The molecule has 0 bridgehead atoms. The maximum absolute atomic E-state index is 4.55. The monoisotopic (exact) mass is 297 g/mol. The average Bonchev–Trinajstić information content (AvgIpc) is 2.91. The summed E-state index contributed by atoms with van der Waals surface area (Å²) in [5.74, 6) is 1.44. The number of likely N-dealkylation sites (N-methyl/N-ethyl adjacent to an activating group) is 1. The van der Waals surface area contributed by atoms with Crippen LogP contribution in [-0.2, 0) is 0 Å². The molecule has 3 heterocycles. The van der Waals surface area contributed by atoms with Gasteiger partial charge >= 0.3 is 0 Å². The highest BCUT2D eigenvalue weighted by Crippen LogP contribution is 2.16. The molecule has 0 aromatic carbocycles. The van der Waals surface area contributed by atoms with E-state index in [9.17, 15) is 0 Å². The highest BCUT2D eigenvalue weighted by molar-refractivity contribution is 5.55. The van der Waals surface area contributed by atoms with Gasteiger partial charge in [-0.3, -0.25) is 4.98 Å². The molecule has 22 heavy (non-hydrogen) atoms. The van der Waals surface area contributed by atoms with Gasteiger partial charge in [0, 0.05) is 19.3 Å². The molecule has 1 N–H and O–H groups in total. The Labute approximate surface area is 129 Å². The molecule has 0 unspecified atom stereocenters. The van der Waals surface area contributed by atoms with Gasteiger partial charge in [0.05, 0.1) is 0 Å². The maximum Gasteiger partial charge on any atom is 0.203 e. The minimum Gasteiger partial charge on any atom is -0.367 e. The van der Waals surface area contributed by atoms with Crippen LogP contribution in [0.15, 0.2) is 30.5 Å². The SMILES string of the molecule is Cc1ccc(-c2nnc3ccc(NCCN(C)C)nn23)nc1. The van der Waals surface area contributed by atoms with Crippen LogP contribution in [0.3, 0.4) is 0 Å². The fraction of sp³-hybridized carbons (Fsp3) is 0.333. The van der Waals surface area contributed by atoms with E-state index in [1.54, 1.807) is 4.52 Å². The van der Waals surface area contributed by atoms with Crippen molar-refractivity contribution in [3.05, 3.63) is 36.0 Å². The van der Waals surface area contributed by atoms with E-state index in [0.717, 1.165) is 30.2 Å². The summed E-state index contributed by atoms with van der Waals surface area (Å²) in [6, 6.07) is 7.74. The van der Waals surface area contributed by atoms with Gasteiger partial charge in [-0.15, -0.1) is 15.3 Å². The first-order valence-electron chi connectivity index (χ1n) is 7.17. The fourth-order valence-electron chi connectivity index (χ4n) is 2.05. The van der Waals surface area contributed by atoms with Gasteiger partial charge in [-0.2, -0.15) is 4.52 Å². The minimum absolute atomic E-state index is 0.645. The van der Waals surface area contributed by atoms with Crippen LogP contribution in [0.2, 0.25) is 0 Å². The Hall–Kier alpha value is -2.54. The molecule has 7 heteroatoms. The molecule has 114 valence electrons. The van der Waals surface area contributed by atoms with Crippen LogP contribution in [0.4, 0.5) is 5.82 Å². The molecule has 0 aliphatic carbocycles. The van der Waals surface area contributed by atoms with E-state index in [1.165, 1.54) is 0 Å². The van der Waals surface area contributed by atoms with Crippen LogP contribution in [0, 0.1) is 6.92 Å². The molecule has 0 atom stereocenters. The first-order chi connectivity index (χ1) is 10.6. The van der Waals surface area contributed by atoms with Crippen LogP contribution in [0.1, 0.15) is 5.56 Å². The Bertz CT molecular complexity index is 761. The number of hydrogen-bond donors (Lipinski definition) is 1. The number of pyridine rings is 1. The van der Waals surface area contributed by atoms with Crippen molar-refractivity contribution in [2.45, 2.75) is 6.92 Å². The summed E-state index contributed by atoms with van der Waals surface area (Å²) in [6.45, 7) is 3.77. The van der Waals surface area contributed by atoms with Crippen molar-refractivity contribution in [2.24, 2.45) is 0 Å². The Morgan fingerprint density at radius 2 is 2.00 bits per heavy atom. The van der Waals surface area contributed by atoms with E-state index < -0.39 is 0 Å². The molecular weight excluding hydrogens is 278 g/mol. The minimum atomic E-state index is 0.645. The molecular formula is C15H19N7. The summed E-state index contributed by atoms with van der Waals surface area (Å²) in [5.41, 5.74) is 2.57. The summed E-state index contributed by atoms with van der Waals surface area (Å²) in [4.78, 5) is 6.51. The van der Waals surface area contributed by atoms with E-state index in [1.807, 2.05) is 51.5 Å². The van der Waals surface area contributed by atoms with Crippen LogP contribution in [-0.4, -0.2) is 56.9 Å². The third-order valence-corrected chi connectivity index (χ3v) is 3.27. The number of rotatable bonds is 5. The first kappa shape index (κ1) is 14.4. The normalized spacial score (nSPS) is 11.3. The second-order valence-electron chi connectivity index (χ2n) is 5.46. The third kappa shape index (κ3) is 3.04. The summed E-state index contributed by atoms with van der Waals surface area (Å²) < 4.78 is 1.72. The number of nitrogens with zero attached hydrogens (tertiary/aromatic N) is 6. The predicted molar refractivity (Wildman–Crippen MR) is 85.8 cm³/mol. The van der Waals surface area contributed by atoms with Gasteiger partial charge in [0.15, 0.2) is 5.65 Å². The van der Waals surface area contributed by atoms with Gasteiger partial charge in [-0.1, -0.05) is 6.07 Å². The Morgan fingerprint density at radius 1 is 1.14 bits per heavy atom. The second-order valence-corrected chi connectivity index (χ2v) is 5.46. The smallest absolute Gasteiger partial charge is 0.203 e. The lowest BCUT2D eigenvalue weighted by atomic mass is 10.3. The maximum atomic E-state index is 4.55. The van der Waals surface area contributed by atoms with Gasteiger partial charge in [0.2, 0.25) is 5.82 Å². The van der Waals surface area contributed by atoms with Crippen molar-refractivity contribution in [3.63, 3.8) is 0 Å². The molecule has 7 nitrogen and oxygen atoms in total. The molecule has 0 amide bonds. The molecule has 3 aromatic heterocycles. The molecule has 0 aliphatic heterocycles. The van der Waals surface area contributed by atoms with Crippen LogP contribution >= 0.6 is 0 Å². The largest absolute Gasteiger partial charge is 0.367 e. The molecule has 0 saturated carbocycles. The Balaban J connectivity index is 1.90. The van der Waals surface area contributed by atoms with Crippen molar-refractivity contribution in [2.75, 3.05) is 32.5 Å². The van der Waals surface area contributed by atoms with E-state index in [2.05, 4.69) is 30.5 Å². The average molecular weight is 297 g/mol. The zero-order chi connectivity index (χ0) is 15.5. The third-order valence-electron chi connectivity index (χ3n) is 3.27. The molecule has 3 rings (SSSR count). The van der Waals surface area contributed by atoms with E-state index >= 15 is 0 Å². The van der Waals surface area contributed by atoms with Crippen molar-refractivity contribution >= 4 is 11.5 Å². The molecule has 0 spiro atoms. The van der Waals surface area contributed by atoms with Crippen molar-refractivity contribution in [1.29, 1.82) is 0 Å². The second kappa shape index (κ2) is 6.07. The Morgan fingerprint density at radius 3 is 2.73 bits per heavy atom. The topological polar surface area (TPSA) is 71.2 Å². The zero-order valence-electron chi connectivity index (χ0n) is 13.0. The number of nitrogens with one attached hydrogen (secondary N) is 1. The molecule has 3 aromatic rings. The van der Waals surface area contributed by atoms with E-state index in [0.29, 0.717) is 11.5 Å². The molecule has 0 aliphatic rings. The number of aryl methyl sites for hydroxylation is 1. The predicted octanol–water partition coefficient (Wildman–Crippen LogP) is 1.47. The number of anilines is 1. The van der Waals surface area contributed by atoms with Gasteiger partial charge in [0.25, 0.3) is 0 Å². The summed E-state index contributed by atoms with van der Waals surface area (Å²) in [5, 5.41) is 16.2. The van der Waals surface area contributed by atoms with Crippen LogP contribution in [0.25, 0.3) is 17.2 Å². The van der Waals surface area contributed by atoms with Crippen molar-refractivity contribution < 1.29 is 0 Å². The van der Waals surface area contributed by atoms with Gasteiger partial charge < -0.3 is 10.2 Å². The van der Waals surface area contributed by atoms with Crippen molar-refractivity contribution in [3.8, 4) is 11.5 Å². The zero-order valence-corrected chi connectivity index (χ0v) is 13.0. The van der Waals surface area contributed by atoms with Gasteiger partial charge in [-0.05, 0) is 44.8 Å². The number of fused-ring (bicyclic) bond motifs is 1. The first-order valence-corrected chi connectivity index (χ1v) is 7.17.